The summed E-state index contributed by atoms with van der Waals surface area (Å²) >= 11 is 12.1. The second-order valence-corrected chi connectivity index (χ2v) is 7.57. The molecule has 4 rings (SSSR count). The fourth-order valence-electron chi connectivity index (χ4n) is 3.29. The second kappa shape index (κ2) is 8.38. The maximum atomic E-state index is 13.1. The summed E-state index contributed by atoms with van der Waals surface area (Å²) in [6.07, 6.45) is -1.05. The summed E-state index contributed by atoms with van der Waals surface area (Å²) in [6.45, 7) is 1.50. The average Bonchev–Trinajstić information content (AvgIpc) is 2.75. The van der Waals surface area contributed by atoms with E-state index in [4.69, 9.17) is 32.7 Å². The number of carbonyl (C=O) groups excluding carboxylic acids is 2. The largest absolute Gasteiger partial charge is 0.457 e. The average molecular weight is 442 g/mol. The van der Waals surface area contributed by atoms with Crippen LogP contribution in [0.5, 0.6) is 11.5 Å². The van der Waals surface area contributed by atoms with Crippen molar-refractivity contribution in [3.8, 4) is 11.5 Å². The van der Waals surface area contributed by atoms with E-state index in [0.717, 1.165) is 0 Å². The number of hydrogen-bond acceptors (Lipinski definition) is 4. The Labute approximate surface area is 183 Å². The van der Waals surface area contributed by atoms with Gasteiger partial charge in [0.05, 0.1) is 15.7 Å². The van der Waals surface area contributed by atoms with Gasteiger partial charge in [0.1, 0.15) is 17.4 Å². The van der Waals surface area contributed by atoms with Crippen molar-refractivity contribution >= 4 is 40.8 Å². The zero-order chi connectivity index (χ0) is 21.3. The van der Waals surface area contributed by atoms with Gasteiger partial charge in [-0.3, -0.25) is 9.59 Å². The molecule has 3 aromatic rings. The van der Waals surface area contributed by atoms with Gasteiger partial charge < -0.3 is 14.8 Å². The third kappa shape index (κ3) is 3.86. The molecule has 0 spiro atoms. The molecule has 0 aliphatic carbocycles. The van der Waals surface area contributed by atoms with E-state index in [1.54, 1.807) is 30.3 Å². The SMILES string of the molecule is CC(OC(=O)C1c2ccccc2Oc2ccccc21)C(=O)Nc1cccc(Cl)c1Cl. The lowest BCUT2D eigenvalue weighted by Gasteiger charge is -2.27. The Morgan fingerprint density at radius 2 is 1.53 bits per heavy atom. The zero-order valence-corrected chi connectivity index (χ0v) is 17.4. The van der Waals surface area contributed by atoms with E-state index in [1.165, 1.54) is 6.92 Å². The minimum Gasteiger partial charge on any atom is -0.457 e. The molecule has 1 N–H and O–H groups in total. The molecule has 1 amide bonds. The van der Waals surface area contributed by atoms with Crippen molar-refractivity contribution in [3.63, 3.8) is 0 Å². The Kier molecular flexibility index (Phi) is 5.66. The van der Waals surface area contributed by atoms with Gasteiger partial charge in [-0.1, -0.05) is 65.7 Å². The molecule has 152 valence electrons. The number of fused-ring (bicyclic) bond motifs is 2. The molecule has 1 unspecified atom stereocenters. The van der Waals surface area contributed by atoms with Crippen LogP contribution >= 0.6 is 23.2 Å². The third-order valence-electron chi connectivity index (χ3n) is 4.79. The lowest BCUT2D eigenvalue weighted by molar-refractivity contribution is -0.153. The molecule has 1 atom stereocenters. The Morgan fingerprint density at radius 3 is 2.17 bits per heavy atom. The molecule has 0 saturated carbocycles. The van der Waals surface area contributed by atoms with E-state index in [9.17, 15) is 9.59 Å². The predicted molar refractivity (Wildman–Crippen MR) is 115 cm³/mol. The maximum absolute atomic E-state index is 13.1. The van der Waals surface area contributed by atoms with Gasteiger partial charge in [0.25, 0.3) is 5.91 Å². The number of ether oxygens (including phenoxy) is 2. The first-order valence-corrected chi connectivity index (χ1v) is 10.0. The minimum absolute atomic E-state index is 0.221. The number of halogens is 2. The number of anilines is 1. The van der Waals surface area contributed by atoms with Crippen LogP contribution < -0.4 is 10.1 Å². The first-order valence-electron chi connectivity index (χ1n) is 9.27. The van der Waals surface area contributed by atoms with Crippen LogP contribution in [0, 0.1) is 0 Å². The summed E-state index contributed by atoms with van der Waals surface area (Å²) in [4.78, 5) is 25.7. The van der Waals surface area contributed by atoms with Gasteiger partial charge >= 0.3 is 5.97 Å². The van der Waals surface area contributed by atoms with E-state index in [1.807, 2.05) is 36.4 Å². The van der Waals surface area contributed by atoms with Crippen LogP contribution in [0.3, 0.4) is 0 Å². The normalized spacial score (nSPS) is 13.4. The number of rotatable bonds is 4. The van der Waals surface area contributed by atoms with Crippen molar-refractivity contribution in [1.29, 1.82) is 0 Å². The first kappa shape index (κ1) is 20.3. The highest BCUT2D eigenvalue weighted by Crippen LogP contribution is 2.44. The second-order valence-electron chi connectivity index (χ2n) is 6.78. The van der Waals surface area contributed by atoms with E-state index >= 15 is 0 Å². The molecule has 0 fully saturated rings. The molecule has 0 aromatic heterocycles. The molecule has 0 saturated heterocycles. The molecule has 0 radical (unpaired) electrons. The van der Waals surface area contributed by atoms with E-state index in [0.29, 0.717) is 33.3 Å². The highest BCUT2D eigenvalue weighted by molar-refractivity contribution is 6.44. The predicted octanol–water partition coefficient (Wildman–Crippen LogP) is 5.80. The lowest BCUT2D eigenvalue weighted by Crippen LogP contribution is -2.32. The monoisotopic (exact) mass is 441 g/mol. The fourth-order valence-corrected chi connectivity index (χ4v) is 3.64. The maximum Gasteiger partial charge on any atom is 0.318 e. The smallest absolute Gasteiger partial charge is 0.318 e. The van der Waals surface area contributed by atoms with Gasteiger partial charge in [0.2, 0.25) is 0 Å². The zero-order valence-electron chi connectivity index (χ0n) is 15.9. The molecule has 30 heavy (non-hydrogen) atoms. The summed E-state index contributed by atoms with van der Waals surface area (Å²) in [5.41, 5.74) is 1.72. The number of nitrogens with one attached hydrogen (secondary N) is 1. The molecule has 5 nitrogen and oxygen atoms in total. The van der Waals surface area contributed by atoms with Crippen LogP contribution in [0.2, 0.25) is 10.0 Å². The van der Waals surface area contributed by atoms with E-state index < -0.39 is 23.9 Å². The molecular formula is C23H17Cl2NO4. The van der Waals surface area contributed by atoms with Crippen molar-refractivity contribution in [2.75, 3.05) is 5.32 Å². The van der Waals surface area contributed by atoms with Crippen molar-refractivity contribution in [1.82, 2.24) is 0 Å². The molecular weight excluding hydrogens is 425 g/mol. The quantitative estimate of drug-likeness (QED) is 0.519. The number of amides is 1. The number of hydrogen-bond donors (Lipinski definition) is 1. The topological polar surface area (TPSA) is 64.6 Å². The van der Waals surface area contributed by atoms with Crippen molar-refractivity contribution in [2.24, 2.45) is 0 Å². The van der Waals surface area contributed by atoms with Gasteiger partial charge in [-0.2, -0.15) is 0 Å². The van der Waals surface area contributed by atoms with Gasteiger partial charge in [-0.15, -0.1) is 0 Å². The number of esters is 1. The third-order valence-corrected chi connectivity index (χ3v) is 5.61. The van der Waals surface area contributed by atoms with Crippen LogP contribution in [0.25, 0.3) is 0 Å². The standard InChI is InChI=1S/C23H17Cl2NO4/c1-13(22(27)26-17-10-6-9-16(24)21(17)25)29-23(28)20-14-7-2-4-11-18(14)30-19-12-5-3-8-15(19)20/h2-13,20H,1H3,(H,26,27). The number of carbonyl (C=O) groups is 2. The van der Waals surface area contributed by atoms with Crippen LogP contribution in [0.15, 0.2) is 66.7 Å². The molecule has 1 aliphatic heterocycles. The lowest BCUT2D eigenvalue weighted by atomic mass is 9.88. The summed E-state index contributed by atoms with van der Waals surface area (Å²) in [7, 11) is 0. The Balaban J connectivity index is 1.55. The highest BCUT2D eigenvalue weighted by atomic mass is 35.5. The van der Waals surface area contributed by atoms with Gasteiger partial charge in [0.15, 0.2) is 6.10 Å². The van der Waals surface area contributed by atoms with Crippen LogP contribution in [0.4, 0.5) is 5.69 Å². The number of para-hydroxylation sites is 2. The Hall–Kier alpha value is -3.02. The first-order chi connectivity index (χ1) is 14.5. The van der Waals surface area contributed by atoms with E-state index in [2.05, 4.69) is 5.32 Å². The summed E-state index contributed by atoms with van der Waals surface area (Å²) < 4.78 is 11.4. The minimum atomic E-state index is -1.05. The summed E-state index contributed by atoms with van der Waals surface area (Å²) in [6, 6.07) is 19.4. The van der Waals surface area contributed by atoms with Gasteiger partial charge in [0, 0.05) is 11.1 Å². The van der Waals surface area contributed by atoms with Gasteiger partial charge in [-0.25, -0.2) is 0 Å². The summed E-state index contributed by atoms with van der Waals surface area (Å²) in [5.74, 6) is -0.586. The Morgan fingerprint density at radius 1 is 0.933 bits per heavy atom. The van der Waals surface area contributed by atoms with Crippen LogP contribution in [-0.4, -0.2) is 18.0 Å². The highest BCUT2D eigenvalue weighted by Gasteiger charge is 2.35. The molecule has 7 heteroatoms. The van der Waals surface area contributed by atoms with Crippen LogP contribution in [-0.2, 0) is 14.3 Å². The molecule has 1 heterocycles. The fraction of sp³-hybridized carbons (Fsp3) is 0.130. The van der Waals surface area contributed by atoms with Gasteiger partial charge in [-0.05, 0) is 31.2 Å². The van der Waals surface area contributed by atoms with Crippen molar-refractivity contribution in [2.45, 2.75) is 18.9 Å². The molecule has 1 aliphatic rings. The molecule has 0 bridgehead atoms. The summed E-state index contributed by atoms with van der Waals surface area (Å²) in [5, 5.41) is 3.18. The van der Waals surface area contributed by atoms with Crippen molar-refractivity contribution < 1.29 is 19.1 Å². The van der Waals surface area contributed by atoms with E-state index in [-0.39, 0.29) is 5.02 Å². The molecule has 3 aromatic carbocycles. The Bertz CT molecular complexity index is 1090. The number of benzene rings is 3. The van der Waals surface area contributed by atoms with Crippen molar-refractivity contribution in [3.05, 3.63) is 87.9 Å². The van der Waals surface area contributed by atoms with Crippen LogP contribution in [0.1, 0.15) is 24.0 Å².